The van der Waals surface area contributed by atoms with Gasteiger partial charge in [0.2, 0.25) is 0 Å². The fourth-order valence-electron chi connectivity index (χ4n) is 3.01. The van der Waals surface area contributed by atoms with Crippen molar-refractivity contribution in [2.75, 3.05) is 19.7 Å². The van der Waals surface area contributed by atoms with Crippen molar-refractivity contribution < 1.29 is 19.1 Å². The van der Waals surface area contributed by atoms with Gasteiger partial charge in [0.25, 0.3) is 11.5 Å². The molecule has 0 atom stereocenters. The fraction of sp³-hybridized carbons (Fsp3) is 0.150. The molecule has 9 nitrogen and oxygen atoms in total. The van der Waals surface area contributed by atoms with Crippen LogP contribution < -0.4 is 10.9 Å². The number of urea groups is 1. The van der Waals surface area contributed by atoms with E-state index in [1.165, 1.54) is 23.0 Å². The Hall–Kier alpha value is -4.01. The van der Waals surface area contributed by atoms with E-state index in [0.29, 0.717) is 23.1 Å². The minimum Gasteiger partial charge on any atom is -0.452 e. The minimum atomic E-state index is -0.700. The summed E-state index contributed by atoms with van der Waals surface area (Å²) in [6.07, 6.45) is 1.43. The molecule has 1 saturated heterocycles. The Bertz CT molecular complexity index is 1170. The molecule has 0 saturated carbocycles. The normalized spacial score (nSPS) is 13.4. The summed E-state index contributed by atoms with van der Waals surface area (Å²) in [5, 5.41) is 2.99. The molecule has 29 heavy (non-hydrogen) atoms. The van der Waals surface area contributed by atoms with Crippen LogP contribution in [0, 0.1) is 0 Å². The Balaban J connectivity index is 1.47. The average Bonchev–Trinajstić information content (AvgIpc) is 3.18. The molecule has 146 valence electrons. The molecule has 1 fully saturated rings. The van der Waals surface area contributed by atoms with Crippen LogP contribution in [0.15, 0.2) is 59.7 Å². The molecule has 1 N–H and O–H groups in total. The van der Waals surface area contributed by atoms with Crippen molar-refractivity contribution in [1.29, 1.82) is 0 Å². The third-order valence-electron chi connectivity index (χ3n) is 4.53. The number of nitrogens with one attached hydrogen (secondary N) is 1. The zero-order valence-corrected chi connectivity index (χ0v) is 15.2. The molecule has 0 aliphatic carbocycles. The van der Waals surface area contributed by atoms with Gasteiger partial charge in [0.15, 0.2) is 6.61 Å². The molecule has 4 rings (SSSR count). The Morgan fingerprint density at radius 3 is 2.55 bits per heavy atom. The van der Waals surface area contributed by atoms with Gasteiger partial charge < -0.3 is 10.1 Å². The molecule has 2 aromatic carbocycles. The van der Waals surface area contributed by atoms with Gasteiger partial charge in [0.1, 0.15) is 6.33 Å². The van der Waals surface area contributed by atoms with Crippen LogP contribution in [0.4, 0.5) is 4.79 Å². The molecule has 1 aliphatic heterocycles. The minimum absolute atomic E-state index is 0.217. The summed E-state index contributed by atoms with van der Waals surface area (Å²) < 4.78 is 6.37. The van der Waals surface area contributed by atoms with Gasteiger partial charge in [-0.05, 0) is 36.4 Å². The van der Waals surface area contributed by atoms with Crippen LogP contribution in [0.3, 0.4) is 0 Å². The summed E-state index contributed by atoms with van der Waals surface area (Å²) in [4.78, 5) is 53.4. The summed E-state index contributed by atoms with van der Waals surface area (Å²) in [6.45, 7) is 0.101. The highest BCUT2D eigenvalue weighted by molar-refractivity contribution is 5.98. The van der Waals surface area contributed by atoms with E-state index in [0.717, 1.165) is 4.90 Å². The van der Waals surface area contributed by atoms with Crippen LogP contribution in [-0.4, -0.2) is 52.1 Å². The average molecular weight is 392 g/mol. The number of hydrogen-bond acceptors (Lipinski definition) is 6. The summed E-state index contributed by atoms with van der Waals surface area (Å²) in [6, 6.07) is 12.7. The van der Waals surface area contributed by atoms with E-state index in [1.54, 1.807) is 36.4 Å². The largest absolute Gasteiger partial charge is 0.452 e. The Kier molecular flexibility index (Phi) is 4.78. The number of para-hydroxylation sites is 1. The Morgan fingerprint density at radius 1 is 1.07 bits per heavy atom. The second-order valence-electron chi connectivity index (χ2n) is 6.34. The van der Waals surface area contributed by atoms with Gasteiger partial charge in [-0.2, -0.15) is 0 Å². The number of amides is 3. The number of aromatic nitrogens is 2. The number of imide groups is 1. The maximum absolute atomic E-state index is 12.6. The van der Waals surface area contributed by atoms with E-state index in [9.17, 15) is 19.2 Å². The first-order chi connectivity index (χ1) is 14.0. The standard InChI is InChI=1S/C20H16N4O5/c25-17(23-10-9-21-20(23)28)11-29-19(27)13-5-7-14(8-6-13)24-12-22-16-4-2-1-3-15(16)18(24)26/h1-8,12H,9-11H2,(H,21,28). The molecular formula is C20H16N4O5. The molecule has 0 bridgehead atoms. The topological polar surface area (TPSA) is 111 Å². The molecule has 1 aliphatic rings. The van der Waals surface area contributed by atoms with Crippen LogP contribution in [-0.2, 0) is 9.53 Å². The molecule has 0 radical (unpaired) electrons. The third kappa shape index (κ3) is 3.57. The van der Waals surface area contributed by atoms with Crippen LogP contribution in [0.1, 0.15) is 10.4 Å². The van der Waals surface area contributed by atoms with Crippen molar-refractivity contribution in [3.63, 3.8) is 0 Å². The summed E-state index contributed by atoms with van der Waals surface area (Å²) >= 11 is 0. The fourth-order valence-corrected chi connectivity index (χ4v) is 3.01. The molecule has 3 aromatic rings. The van der Waals surface area contributed by atoms with E-state index in [4.69, 9.17) is 4.74 Å². The van der Waals surface area contributed by atoms with Crippen molar-refractivity contribution in [3.05, 3.63) is 70.8 Å². The summed E-state index contributed by atoms with van der Waals surface area (Å²) in [5.41, 5.74) is 1.13. The zero-order chi connectivity index (χ0) is 20.4. The smallest absolute Gasteiger partial charge is 0.338 e. The van der Waals surface area contributed by atoms with Crippen LogP contribution >= 0.6 is 0 Å². The molecule has 9 heteroatoms. The lowest BCUT2D eigenvalue weighted by atomic mass is 10.2. The Morgan fingerprint density at radius 2 is 1.83 bits per heavy atom. The van der Waals surface area contributed by atoms with Gasteiger partial charge in [0, 0.05) is 13.1 Å². The first-order valence-corrected chi connectivity index (χ1v) is 8.87. The summed E-state index contributed by atoms with van der Waals surface area (Å²) in [5.74, 6) is -1.28. The Labute approximate surface area is 164 Å². The quantitative estimate of drug-likeness (QED) is 0.666. The number of rotatable bonds is 4. The lowest BCUT2D eigenvalue weighted by molar-refractivity contribution is -0.130. The van der Waals surface area contributed by atoms with Gasteiger partial charge in [-0.3, -0.25) is 19.1 Å². The zero-order valence-electron chi connectivity index (χ0n) is 15.2. The van der Waals surface area contributed by atoms with E-state index in [1.807, 2.05) is 0 Å². The highest BCUT2D eigenvalue weighted by atomic mass is 16.5. The first kappa shape index (κ1) is 18.4. The number of nitrogens with zero attached hydrogens (tertiary/aromatic N) is 3. The van der Waals surface area contributed by atoms with E-state index in [2.05, 4.69) is 10.3 Å². The predicted molar refractivity (Wildman–Crippen MR) is 103 cm³/mol. The number of fused-ring (bicyclic) bond motifs is 1. The number of esters is 1. The SMILES string of the molecule is O=C(OCC(=O)N1CCNC1=O)c1ccc(-n2cnc3ccccc3c2=O)cc1. The highest BCUT2D eigenvalue weighted by Crippen LogP contribution is 2.12. The van der Waals surface area contributed by atoms with Gasteiger partial charge in [0.05, 0.1) is 22.2 Å². The predicted octanol–water partition coefficient (Wildman–Crippen LogP) is 1.09. The number of carbonyl (C=O) groups excluding carboxylic acids is 3. The van der Waals surface area contributed by atoms with Gasteiger partial charge >= 0.3 is 12.0 Å². The lowest BCUT2D eigenvalue weighted by Gasteiger charge is -2.12. The molecular weight excluding hydrogens is 376 g/mol. The first-order valence-electron chi connectivity index (χ1n) is 8.87. The number of ether oxygens (including phenoxy) is 1. The maximum atomic E-state index is 12.6. The van der Waals surface area contributed by atoms with Crippen molar-refractivity contribution in [3.8, 4) is 5.69 Å². The van der Waals surface area contributed by atoms with E-state index in [-0.39, 0.29) is 17.7 Å². The monoisotopic (exact) mass is 392 g/mol. The molecule has 1 aromatic heterocycles. The summed E-state index contributed by atoms with van der Waals surface area (Å²) in [7, 11) is 0. The number of benzene rings is 2. The van der Waals surface area contributed by atoms with Crippen molar-refractivity contribution in [2.24, 2.45) is 0 Å². The molecule has 3 amide bonds. The van der Waals surface area contributed by atoms with Crippen molar-refractivity contribution in [2.45, 2.75) is 0 Å². The van der Waals surface area contributed by atoms with Crippen LogP contribution in [0.25, 0.3) is 16.6 Å². The van der Waals surface area contributed by atoms with E-state index < -0.39 is 24.5 Å². The molecule has 0 spiro atoms. The van der Waals surface area contributed by atoms with Crippen molar-refractivity contribution in [1.82, 2.24) is 19.8 Å². The van der Waals surface area contributed by atoms with Gasteiger partial charge in [-0.15, -0.1) is 0 Å². The molecule has 2 heterocycles. The second kappa shape index (κ2) is 7.55. The van der Waals surface area contributed by atoms with E-state index >= 15 is 0 Å². The maximum Gasteiger partial charge on any atom is 0.338 e. The van der Waals surface area contributed by atoms with Crippen molar-refractivity contribution >= 4 is 28.8 Å². The van der Waals surface area contributed by atoms with Gasteiger partial charge in [-0.1, -0.05) is 12.1 Å². The highest BCUT2D eigenvalue weighted by Gasteiger charge is 2.26. The number of carbonyl (C=O) groups is 3. The second-order valence-corrected chi connectivity index (χ2v) is 6.34. The van der Waals surface area contributed by atoms with Crippen LogP contribution in [0.5, 0.6) is 0 Å². The number of hydrogen-bond donors (Lipinski definition) is 1. The third-order valence-corrected chi connectivity index (χ3v) is 4.53. The van der Waals surface area contributed by atoms with Gasteiger partial charge in [-0.25, -0.2) is 14.6 Å². The van der Waals surface area contributed by atoms with Crippen LogP contribution in [0.2, 0.25) is 0 Å². The lowest BCUT2D eigenvalue weighted by Crippen LogP contribution is -2.37. The molecule has 0 unspecified atom stereocenters.